The SMILES string of the molecule is Cc1cccc(C(=O)NC(C)C(=O)NCC2(c3ccccc3)CC2)c1. The zero-order chi connectivity index (χ0) is 17.9. The van der Waals surface area contributed by atoms with Crippen LogP contribution < -0.4 is 10.6 Å². The molecule has 25 heavy (non-hydrogen) atoms. The quantitative estimate of drug-likeness (QED) is 0.852. The van der Waals surface area contributed by atoms with Crippen LogP contribution in [0.4, 0.5) is 0 Å². The summed E-state index contributed by atoms with van der Waals surface area (Å²) in [6, 6.07) is 17.1. The molecular weight excluding hydrogens is 312 g/mol. The van der Waals surface area contributed by atoms with Crippen molar-refractivity contribution in [1.82, 2.24) is 10.6 Å². The number of carbonyl (C=O) groups excluding carboxylic acids is 2. The standard InChI is InChI=1S/C21H24N2O2/c1-15-7-6-8-17(13-15)20(25)23-16(2)19(24)22-14-21(11-12-21)18-9-4-3-5-10-18/h3-10,13,16H,11-12,14H2,1-2H3,(H,22,24)(H,23,25). The minimum Gasteiger partial charge on any atom is -0.353 e. The maximum Gasteiger partial charge on any atom is 0.251 e. The van der Waals surface area contributed by atoms with Gasteiger partial charge in [-0.1, -0.05) is 48.0 Å². The fraction of sp³-hybridized carbons (Fsp3) is 0.333. The molecule has 130 valence electrons. The zero-order valence-electron chi connectivity index (χ0n) is 14.7. The number of carbonyl (C=O) groups is 2. The molecule has 1 fully saturated rings. The normalized spacial score (nSPS) is 15.9. The number of nitrogens with one attached hydrogen (secondary N) is 2. The topological polar surface area (TPSA) is 58.2 Å². The summed E-state index contributed by atoms with van der Waals surface area (Å²) in [5.41, 5.74) is 2.93. The average Bonchev–Trinajstić information content (AvgIpc) is 3.41. The number of hydrogen-bond donors (Lipinski definition) is 2. The van der Waals surface area contributed by atoms with Crippen molar-refractivity contribution < 1.29 is 9.59 Å². The molecule has 0 bridgehead atoms. The van der Waals surface area contributed by atoms with Crippen molar-refractivity contribution in [3.05, 3.63) is 71.3 Å². The van der Waals surface area contributed by atoms with Gasteiger partial charge in [0.25, 0.3) is 5.91 Å². The molecule has 1 aliphatic carbocycles. The second kappa shape index (κ2) is 7.09. The molecule has 1 aliphatic rings. The lowest BCUT2D eigenvalue weighted by atomic mass is 9.96. The van der Waals surface area contributed by atoms with Crippen molar-refractivity contribution in [3.8, 4) is 0 Å². The molecule has 2 aromatic carbocycles. The van der Waals surface area contributed by atoms with E-state index in [4.69, 9.17) is 0 Å². The Hall–Kier alpha value is -2.62. The van der Waals surface area contributed by atoms with Crippen LogP contribution in [0.25, 0.3) is 0 Å². The lowest BCUT2D eigenvalue weighted by Crippen LogP contribution is -2.46. The highest BCUT2D eigenvalue weighted by molar-refractivity contribution is 5.97. The van der Waals surface area contributed by atoms with Gasteiger partial charge in [-0.15, -0.1) is 0 Å². The largest absolute Gasteiger partial charge is 0.353 e. The van der Waals surface area contributed by atoms with Gasteiger partial charge in [0, 0.05) is 17.5 Å². The van der Waals surface area contributed by atoms with Crippen LogP contribution in [0.1, 0.15) is 41.3 Å². The van der Waals surface area contributed by atoms with Gasteiger partial charge in [0.2, 0.25) is 5.91 Å². The van der Waals surface area contributed by atoms with E-state index in [0.717, 1.165) is 18.4 Å². The average molecular weight is 336 g/mol. The Kier molecular flexibility index (Phi) is 4.88. The Balaban J connectivity index is 1.54. The Bertz CT molecular complexity index is 766. The second-order valence-corrected chi connectivity index (χ2v) is 6.93. The first-order chi connectivity index (χ1) is 12.0. The maximum atomic E-state index is 12.4. The molecule has 3 rings (SSSR count). The summed E-state index contributed by atoms with van der Waals surface area (Å²) in [7, 11) is 0. The molecule has 0 radical (unpaired) electrons. The van der Waals surface area contributed by atoms with E-state index in [-0.39, 0.29) is 17.2 Å². The molecule has 0 spiro atoms. The number of benzene rings is 2. The number of rotatable bonds is 6. The van der Waals surface area contributed by atoms with Gasteiger partial charge in [-0.3, -0.25) is 9.59 Å². The van der Waals surface area contributed by atoms with Crippen LogP contribution in [0, 0.1) is 6.92 Å². The van der Waals surface area contributed by atoms with E-state index in [2.05, 4.69) is 22.8 Å². The molecule has 1 atom stereocenters. The van der Waals surface area contributed by atoms with Crippen LogP contribution in [0.15, 0.2) is 54.6 Å². The van der Waals surface area contributed by atoms with Gasteiger partial charge in [0.05, 0.1) is 0 Å². The van der Waals surface area contributed by atoms with Crippen LogP contribution in [-0.2, 0) is 10.2 Å². The van der Waals surface area contributed by atoms with Crippen LogP contribution in [0.3, 0.4) is 0 Å². The minimum atomic E-state index is -0.570. The highest BCUT2D eigenvalue weighted by Gasteiger charge is 2.44. The lowest BCUT2D eigenvalue weighted by Gasteiger charge is -2.19. The number of amides is 2. The summed E-state index contributed by atoms with van der Waals surface area (Å²) in [5, 5.41) is 5.77. The van der Waals surface area contributed by atoms with E-state index < -0.39 is 6.04 Å². The van der Waals surface area contributed by atoms with E-state index in [0.29, 0.717) is 12.1 Å². The predicted molar refractivity (Wildman–Crippen MR) is 98.5 cm³/mol. The summed E-state index contributed by atoms with van der Waals surface area (Å²) in [6.07, 6.45) is 2.17. The third-order valence-corrected chi connectivity index (χ3v) is 4.86. The number of aryl methyl sites for hydroxylation is 1. The molecule has 2 aromatic rings. The fourth-order valence-corrected chi connectivity index (χ4v) is 3.05. The van der Waals surface area contributed by atoms with E-state index in [1.54, 1.807) is 13.0 Å². The van der Waals surface area contributed by atoms with Crippen LogP contribution in [-0.4, -0.2) is 24.4 Å². The molecule has 4 heteroatoms. The van der Waals surface area contributed by atoms with Crippen molar-refractivity contribution in [2.75, 3.05) is 6.54 Å². The van der Waals surface area contributed by atoms with Gasteiger partial charge in [0.1, 0.15) is 6.04 Å². The smallest absolute Gasteiger partial charge is 0.251 e. The first-order valence-corrected chi connectivity index (χ1v) is 8.71. The first-order valence-electron chi connectivity index (χ1n) is 8.71. The minimum absolute atomic E-state index is 0.0667. The lowest BCUT2D eigenvalue weighted by molar-refractivity contribution is -0.122. The van der Waals surface area contributed by atoms with E-state index in [9.17, 15) is 9.59 Å². The van der Waals surface area contributed by atoms with Gasteiger partial charge in [-0.05, 0) is 44.4 Å². The maximum absolute atomic E-state index is 12.4. The van der Waals surface area contributed by atoms with Crippen LogP contribution in [0.2, 0.25) is 0 Å². The third kappa shape index (κ3) is 4.08. The van der Waals surface area contributed by atoms with Gasteiger partial charge in [-0.2, -0.15) is 0 Å². The Morgan fingerprint density at radius 3 is 2.44 bits per heavy atom. The van der Waals surface area contributed by atoms with Crippen molar-refractivity contribution in [2.45, 2.75) is 38.1 Å². The van der Waals surface area contributed by atoms with E-state index >= 15 is 0 Å². The van der Waals surface area contributed by atoms with Crippen molar-refractivity contribution >= 4 is 11.8 Å². The molecular formula is C21H24N2O2. The monoisotopic (exact) mass is 336 g/mol. The number of hydrogen-bond acceptors (Lipinski definition) is 2. The first kappa shape index (κ1) is 17.2. The molecule has 0 saturated heterocycles. The van der Waals surface area contributed by atoms with Gasteiger partial charge in [-0.25, -0.2) is 0 Å². The van der Waals surface area contributed by atoms with Crippen molar-refractivity contribution in [2.24, 2.45) is 0 Å². The summed E-state index contributed by atoms with van der Waals surface area (Å²) in [4.78, 5) is 24.6. The molecule has 1 saturated carbocycles. The Morgan fingerprint density at radius 1 is 1.08 bits per heavy atom. The molecule has 2 N–H and O–H groups in total. The summed E-state index contributed by atoms with van der Waals surface area (Å²) < 4.78 is 0. The molecule has 1 unspecified atom stereocenters. The van der Waals surface area contributed by atoms with Crippen molar-refractivity contribution in [1.29, 1.82) is 0 Å². The van der Waals surface area contributed by atoms with Gasteiger partial charge in [0.15, 0.2) is 0 Å². The Morgan fingerprint density at radius 2 is 1.80 bits per heavy atom. The predicted octanol–water partition coefficient (Wildman–Crippen LogP) is 2.96. The van der Waals surface area contributed by atoms with Gasteiger partial charge >= 0.3 is 0 Å². The fourth-order valence-electron chi connectivity index (χ4n) is 3.05. The van der Waals surface area contributed by atoms with Gasteiger partial charge < -0.3 is 10.6 Å². The second-order valence-electron chi connectivity index (χ2n) is 6.93. The molecule has 2 amide bonds. The summed E-state index contributed by atoms with van der Waals surface area (Å²) >= 11 is 0. The highest BCUT2D eigenvalue weighted by Crippen LogP contribution is 2.47. The van der Waals surface area contributed by atoms with Crippen molar-refractivity contribution in [3.63, 3.8) is 0 Å². The highest BCUT2D eigenvalue weighted by atomic mass is 16.2. The summed E-state index contributed by atoms with van der Waals surface area (Å²) in [6.45, 7) is 4.26. The zero-order valence-corrected chi connectivity index (χ0v) is 14.7. The Labute approximate surface area is 148 Å². The summed E-state index contributed by atoms with van der Waals surface area (Å²) in [5.74, 6) is -0.376. The molecule has 4 nitrogen and oxygen atoms in total. The van der Waals surface area contributed by atoms with Crippen LogP contribution >= 0.6 is 0 Å². The van der Waals surface area contributed by atoms with E-state index in [1.165, 1.54) is 5.56 Å². The molecule has 0 aromatic heterocycles. The third-order valence-electron chi connectivity index (χ3n) is 4.86. The molecule has 0 heterocycles. The van der Waals surface area contributed by atoms with E-state index in [1.807, 2.05) is 43.3 Å². The van der Waals surface area contributed by atoms with Crippen LogP contribution in [0.5, 0.6) is 0 Å². The molecule has 0 aliphatic heterocycles.